The first-order chi connectivity index (χ1) is 11.0. The summed E-state index contributed by atoms with van der Waals surface area (Å²) in [5.41, 5.74) is 1.38. The quantitative estimate of drug-likeness (QED) is 0.634. The first kappa shape index (κ1) is 16.8. The highest BCUT2D eigenvalue weighted by atomic mass is 16.5. The molecule has 1 aliphatic heterocycles. The molecule has 5 heteroatoms. The van der Waals surface area contributed by atoms with Gasteiger partial charge in [0.1, 0.15) is 0 Å². The maximum Gasteiger partial charge on any atom is 0.309 e. The Kier molecular flexibility index (Phi) is 5.53. The van der Waals surface area contributed by atoms with Gasteiger partial charge in [-0.25, -0.2) is 0 Å². The number of amides is 1. The molecule has 1 aromatic rings. The van der Waals surface area contributed by atoms with Gasteiger partial charge in [0.2, 0.25) is 5.91 Å². The van der Waals surface area contributed by atoms with Gasteiger partial charge >= 0.3 is 5.97 Å². The van der Waals surface area contributed by atoms with E-state index in [-0.39, 0.29) is 23.7 Å². The van der Waals surface area contributed by atoms with Crippen LogP contribution in [0, 0.1) is 23.2 Å². The fourth-order valence-electron chi connectivity index (χ4n) is 2.83. The Morgan fingerprint density at radius 2 is 2.22 bits per heavy atom. The maximum atomic E-state index is 12.3. The highest BCUT2D eigenvalue weighted by Gasteiger charge is 2.33. The van der Waals surface area contributed by atoms with Crippen molar-refractivity contribution in [3.63, 3.8) is 0 Å². The van der Waals surface area contributed by atoms with Crippen molar-refractivity contribution in [2.75, 3.05) is 20.2 Å². The van der Waals surface area contributed by atoms with Gasteiger partial charge in [-0.15, -0.1) is 0 Å². The molecule has 23 heavy (non-hydrogen) atoms. The summed E-state index contributed by atoms with van der Waals surface area (Å²) in [7, 11) is 1.39. The van der Waals surface area contributed by atoms with Crippen LogP contribution in [-0.4, -0.2) is 37.0 Å². The Morgan fingerprint density at radius 1 is 1.43 bits per heavy atom. The normalized spacial score (nSPS) is 21.0. The average Bonchev–Trinajstić information content (AvgIpc) is 2.59. The van der Waals surface area contributed by atoms with E-state index in [0.29, 0.717) is 25.1 Å². The third-order valence-corrected chi connectivity index (χ3v) is 4.15. The molecule has 0 bridgehead atoms. The molecular weight excluding hydrogens is 292 g/mol. The second kappa shape index (κ2) is 7.59. The number of carbonyl (C=O) groups excluding carboxylic acids is 2. The van der Waals surface area contributed by atoms with Crippen molar-refractivity contribution in [1.29, 1.82) is 5.26 Å². The van der Waals surface area contributed by atoms with Gasteiger partial charge in [0.05, 0.1) is 24.7 Å². The van der Waals surface area contributed by atoms with E-state index in [2.05, 4.69) is 6.07 Å². The smallest absolute Gasteiger partial charge is 0.309 e. The minimum atomic E-state index is -0.201. The Balaban J connectivity index is 1.98. The summed E-state index contributed by atoms with van der Waals surface area (Å²) in [5.74, 6) is -0.341. The van der Waals surface area contributed by atoms with Crippen LogP contribution in [0.25, 0.3) is 6.08 Å². The number of carbonyl (C=O) groups is 2. The van der Waals surface area contributed by atoms with E-state index >= 15 is 0 Å². The van der Waals surface area contributed by atoms with Gasteiger partial charge < -0.3 is 9.64 Å². The summed E-state index contributed by atoms with van der Waals surface area (Å²) in [4.78, 5) is 25.7. The lowest BCUT2D eigenvalue weighted by Crippen LogP contribution is -2.44. The number of esters is 1. The molecule has 1 aliphatic rings. The van der Waals surface area contributed by atoms with Gasteiger partial charge in [0, 0.05) is 19.2 Å². The number of ether oxygens (including phenoxy) is 1. The number of nitrogens with zero attached hydrogens (tertiary/aromatic N) is 2. The third kappa shape index (κ3) is 4.19. The average molecular weight is 312 g/mol. The second-order valence-corrected chi connectivity index (χ2v) is 5.75. The van der Waals surface area contributed by atoms with Crippen LogP contribution >= 0.6 is 0 Å². The van der Waals surface area contributed by atoms with Crippen molar-refractivity contribution >= 4 is 18.0 Å². The Morgan fingerprint density at radius 3 is 2.87 bits per heavy atom. The van der Waals surface area contributed by atoms with E-state index in [1.165, 1.54) is 13.2 Å². The summed E-state index contributed by atoms with van der Waals surface area (Å²) >= 11 is 0. The van der Waals surface area contributed by atoms with Gasteiger partial charge in [-0.05, 0) is 36.1 Å². The standard InChI is InChI=1S/C18H20N2O3/c1-13-12-20(9-8-16(13)18(22)23-2)17(21)7-6-14-4-3-5-15(10-14)11-19/h3-7,10,13,16H,8-9,12H2,1-2H3/b7-6+/t13-,16+/m0/s1. The minimum Gasteiger partial charge on any atom is -0.469 e. The molecule has 1 saturated heterocycles. The summed E-state index contributed by atoms with van der Waals surface area (Å²) in [6.45, 7) is 3.05. The molecule has 5 nitrogen and oxygen atoms in total. The van der Waals surface area contributed by atoms with E-state index < -0.39 is 0 Å². The van der Waals surface area contributed by atoms with Crippen molar-refractivity contribution in [3.8, 4) is 6.07 Å². The van der Waals surface area contributed by atoms with E-state index in [9.17, 15) is 9.59 Å². The summed E-state index contributed by atoms with van der Waals surface area (Å²) in [5, 5.41) is 8.88. The molecule has 1 aromatic carbocycles. The van der Waals surface area contributed by atoms with Crippen molar-refractivity contribution in [3.05, 3.63) is 41.5 Å². The zero-order valence-electron chi connectivity index (χ0n) is 13.4. The fraction of sp³-hybridized carbons (Fsp3) is 0.389. The number of piperidine rings is 1. The first-order valence-corrected chi connectivity index (χ1v) is 7.60. The Hall–Kier alpha value is -2.61. The molecule has 1 amide bonds. The molecule has 2 atom stereocenters. The van der Waals surface area contributed by atoms with Gasteiger partial charge in [0.15, 0.2) is 0 Å². The summed E-state index contributed by atoms with van der Waals surface area (Å²) < 4.78 is 4.80. The van der Waals surface area contributed by atoms with Crippen LogP contribution in [0.5, 0.6) is 0 Å². The van der Waals surface area contributed by atoms with Crippen LogP contribution in [0.3, 0.4) is 0 Å². The number of likely N-dealkylation sites (tertiary alicyclic amines) is 1. The lowest BCUT2D eigenvalue weighted by Gasteiger charge is -2.34. The monoisotopic (exact) mass is 312 g/mol. The highest BCUT2D eigenvalue weighted by molar-refractivity contribution is 5.92. The Bertz CT molecular complexity index is 660. The van der Waals surface area contributed by atoms with Crippen LogP contribution in [0.1, 0.15) is 24.5 Å². The fourth-order valence-corrected chi connectivity index (χ4v) is 2.83. The van der Waals surface area contributed by atoms with Crippen LogP contribution in [0.2, 0.25) is 0 Å². The van der Waals surface area contributed by atoms with Crippen molar-refractivity contribution in [2.24, 2.45) is 11.8 Å². The lowest BCUT2D eigenvalue weighted by molar-refractivity contribution is -0.150. The predicted molar refractivity (Wildman–Crippen MR) is 86.1 cm³/mol. The van der Waals surface area contributed by atoms with E-state index in [1.54, 1.807) is 29.2 Å². The molecule has 1 heterocycles. The molecule has 0 radical (unpaired) electrons. The van der Waals surface area contributed by atoms with Crippen LogP contribution < -0.4 is 0 Å². The zero-order chi connectivity index (χ0) is 16.8. The summed E-state index contributed by atoms with van der Waals surface area (Å²) in [6, 6.07) is 9.15. The van der Waals surface area contributed by atoms with Crippen LogP contribution in [-0.2, 0) is 14.3 Å². The molecular formula is C18H20N2O3. The molecule has 0 aromatic heterocycles. The van der Waals surface area contributed by atoms with Crippen LogP contribution in [0.15, 0.2) is 30.3 Å². The maximum absolute atomic E-state index is 12.3. The summed E-state index contributed by atoms with van der Waals surface area (Å²) in [6.07, 6.45) is 3.85. The van der Waals surface area contributed by atoms with Crippen molar-refractivity contribution < 1.29 is 14.3 Å². The zero-order valence-corrected chi connectivity index (χ0v) is 13.4. The number of hydrogen-bond acceptors (Lipinski definition) is 4. The number of rotatable bonds is 3. The molecule has 1 fully saturated rings. The van der Waals surface area contributed by atoms with E-state index in [0.717, 1.165) is 5.56 Å². The molecule has 2 rings (SSSR count). The van der Waals surface area contributed by atoms with Crippen molar-refractivity contribution in [2.45, 2.75) is 13.3 Å². The number of methoxy groups -OCH3 is 1. The molecule has 0 saturated carbocycles. The molecule has 0 spiro atoms. The minimum absolute atomic E-state index is 0.0791. The topological polar surface area (TPSA) is 70.4 Å². The van der Waals surface area contributed by atoms with E-state index in [1.807, 2.05) is 13.0 Å². The first-order valence-electron chi connectivity index (χ1n) is 7.60. The predicted octanol–water partition coefficient (Wildman–Crippen LogP) is 2.23. The Labute approximate surface area is 136 Å². The van der Waals surface area contributed by atoms with Gasteiger partial charge in [-0.3, -0.25) is 9.59 Å². The molecule has 0 unspecified atom stereocenters. The molecule has 120 valence electrons. The molecule has 0 aliphatic carbocycles. The van der Waals surface area contributed by atoms with E-state index in [4.69, 9.17) is 10.00 Å². The lowest BCUT2D eigenvalue weighted by atomic mass is 9.87. The third-order valence-electron chi connectivity index (χ3n) is 4.15. The molecule has 0 N–H and O–H groups in total. The second-order valence-electron chi connectivity index (χ2n) is 5.75. The number of nitriles is 1. The van der Waals surface area contributed by atoms with Crippen molar-refractivity contribution in [1.82, 2.24) is 4.90 Å². The van der Waals surface area contributed by atoms with Gasteiger partial charge in [0.25, 0.3) is 0 Å². The largest absolute Gasteiger partial charge is 0.469 e. The number of hydrogen-bond donors (Lipinski definition) is 0. The SMILES string of the molecule is COC(=O)[C@@H]1CCN(C(=O)/C=C/c2cccc(C#N)c2)C[C@@H]1C. The van der Waals surface area contributed by atoms with Gasteiger partial charge in [-0.1, -0.05) is 19.1 Å². The number of benzene rings is 1. The van der Waals surface area contributed by atoms with Crippen LogP contribution in [0.4, 0.5) is 0 Å². The van der Waals surface area contributed by atoms with Gasteiger partial charge in [-0.2, -0.15) is 5.26 Å². The highest BCUT2D eigenvalue weighted by Crippen LogP contribution is 2.24.